The van der Waals surface area contributed by atoms with Gasteiger partial charge in [-0.25, -0.2) is 0 Å². The fourth-order valence-corrected chi connectivity index (χ4v) is 0. The van der Waals surface area contributed by atoms with Gasteiger partial charge in [0.2, 0.25) is 0 Å². The van der Waals surface area contributed by atoms with Crippen molar-refractivity contribution in [2.75, 3.05) is 0 Å². The third-order valence-electron chi connectivity index (χ3n) is 0. The van der Waals surface area contributed by atoms with Crippen LogP contribution in [-0.2, 0) is 4.57 Å². The van der Waals surface area contributed by atoms with Crippen molar-refractivity contribution < 1.29 is 75.8 Å². The normalized spacial score (nSPS) is 7.38. The molecule has 0 aliphatic heterocycles. The molecule has 0 aromatic heterocycles. The molecule has 0 N–H and O–H groups in total. The number of hydrogen-bond donors (Lipinski definition) is 0. The van der Waals surface area contributed by atoms with Gasteiger partial charge in [0.25, 0.3) is 0 Å². The maximum Gasteiger partial charge on any atom is 1.00 e. The minimum atomic E-state index is -5.39. The van der Waals surface area contributed by atoms with Crippen molar-refractivity contribution in [3.05, 3.63) is 0 Å². The van der Waals surface area contributed by atoms with Gasteiger partial charge in [0.15, 0.2) is 0 Å². The molecule has 0 amide bonds. The quantitative estimate of drug-likeness (QED) is 0.232. The molecular weight excluding hydrogens is 116 g/mol. The van der Waals surface area contributed by atoms with E-state index in [9.17, 15) is 0 Å². The zero-order chi connectivity index (χ0) is 4.50. The van der Waals surface area contributed by atoms with Gasteiger partial charge in [-0.1, -0.05) is 0 Å². The summed E-state index contributed by atoms with van der Waals surface area (Å²) in [6.07, 6.45) is 0. The van der Waals surface area contributed by atoms with Crippen LogP contribution in [0.4, 0.5) is 0 Å². The molecule has 0 radical (unpaired) electrons. The molecule has 0 fully saturated rings. The Morgan fingerprint density at radius 3 is 0.875 bits per heavy atom. The smallest absolute Gasteiger partial charge is 0.822 e. The molecule has 0 aliphatic rings. The van der Waals surface area contributed by atoms with E-state index in [1.165, 1.54) is 0 Å². The fraction of sp³-hybridized carbons (Fsp3) is 0. The molecule has 0 rings (SSSR count). The Morgan fingerprint density at radius 2 is 0.875 bits per heavy atom. The van der Waals surface area contributed by atoms with Crippen LogP contribution in [0.2, 0.25) is 0 Å². The van der Waals surface area contributed by atoms with Gasteiger partial charge < -0.3 is 19.2 Å². The van der Waals surface area contributed by atoms with Gasteiger partial charge in [0, 0.05) is 0 Å². The maximum atomic E-state index is 8.55. The molecule has 4 nitrogen and oxygen atoms in total. The van der Waals surface area contributed by atoms with Crippen LogP contribution in [0.15, 0.2) is 0 Å². The van der Waals surface area contributed by atoms with Gasteiger partial charge in [-0.15, -0.1) is 0 Å². The predicted molar refractivity (Wildman–Crippen MR) is 7.61 cm³/mol. The van der Waals surface area contributed by atoms with Crippen LogP contribution in [0.3, 0.4) is 0 Å². The molecule has 32 valence electrons. The van der Waals surface area contributed by atoms with Crippen molar-refractivity contribution in [2.45, 2.75) is 0 Å². The first-order valence-electron chi connectivity index (χ1n) is 0.730. The van der Waals surface area contributed by atoms with Crippen LogP contribution in [0, 0.1) is 0 Å². The topological polar surface area (TPSA) is 86.2 Å². The standard InChI is InChI=1S/3Li.H3O4P/c;;;1-5(2,3)4/h;;;(H3,1,2,3,4)/q3*+1;/p-3. The Labute approximate surface area is 83.2 Å². The third-order valence-corrected chi connectivity index (χ3v) is 0. The van der Waals surface area contributed by atoms with Gasteiger partial charge in [0.05, 0.1) is 0 Å². The van der Waals surface area contributed by atoms with E-state index in [2.05, 4.69) is 0 Å². The monoisotopic (exact) mass is 116 g/mol. The van der Waals surface area contributed by atoms with Crippen molar-refractivity contribution in [3.8, 4) is 0 Å². The average Bonchev–Trinajstić information content (AvgIpc) is 0.722. The Hall–Kier alpha value is 1.90. The molecule has 0 saturated carbocycles. The van der Waals surface area contributed by atoms with Crippen LogP contribution in [0.1, 0.15) is 0 Å². The van der Waals surface area contributed by atoms with Gasteiger partial charge in [-0.05, 0) is 0 Å². The van der Waals surface area contributed by atoms with Crippen molar-refractivity contribution in [1.29, 1.82) is 0 Å². The van der Waals surface area contributed by atoms with E-state index >= 15 is 0 Å². The second-order valence-electron chi connectivity index (χ2n) is 0.447. The molecule has 0 atom stereocenters. The van der Waals surface area contributed by atoms with E-state index < -0.39 is 7.82 Å². The molecule has 0 spiro atoms. The van der Waals surface area contributed by atoms with E-state index in [-0.39, 0.29) is 56.6 Å². The van der Waals surface area contributed by atoms with Gasteiger partial charge in [-0.3, -0.25) is 0 Å². The third kappa shape index (κ3) is 104. The van der Waals surface area contributed by atoms with Crippen molar-refractivity contribution >= 4 is 7.82 Å². The predicted octanol–water partition coefficient (Wildman–Crippen LogP) is -11.8. The maximum absolute atomic E-state index is 8.55. The fourth-order valence-electron chi connectivity index (χ4n) is 0. The van der Waals surface area contributed by atoms with Crippen LogP contribution in [0.5, 0.6) is 0 Å². The zero-order valence-corrected chi connectivity index (χ0v) is 5.97. The van der Waals surface area contributed by atoms with Crippen LogP contribution in [-0.4, -0.2) is 0 Å². The molecule has 0 heterocycles. The van der Waals surface area contributed by atoms with Crippen LogP contribution >= 0.6 is 7.82 Å². The van der Waals surface area contributed by atoms with Crippen LogP contribution in [0.25, 0.3) is 0 Å². The van der Waals surface area contributed by atoms with E-state index in [0.717, 1.165) is 0 Å². The molecule has 8 heteroatoms. The number of rotatable bonds is 0. The second kappa shape index (κ2) is 8.90. The first-order chi connectivity index (χ1) is 2.00. The summed E-state index contributed by atoms with van der Waals surface area (Å²) < 4.78 is 8.55. The summed E-state index contributed by atoms with van der Waals surface area (Å²) in [5.74, 6) is 0. The summed E-state index contributed by atoms with van der Waals surface area (Å²) in [4.78, 5) is 25.6. The number of phosphoric acid groups is 1. The average molecular weight is 116 g/mol. The van der Waals surface area contributed by atoms with E-state index in [0.29, 0.717) is 0 Å². The summed E-state index contributed by atoms with van der Waals surface area (Å²) in [6.45, 7) is 0. The first-order valence-corrected chi connectivity index (χ1v) is 2.19. The summed E-state index contributed by atoms with van der Waals surface area (Å²) in [7, 11) is -5.39. The Morgan fingerprint density at radius 1 is 0.875 bits per heavy atom. The minimum absolute atomic E-state index is 0. The Bertz CT molecular complexity index is 57.4. The molecule has 0 saturated heterocycles. The molecule has 0 bridgehead atoms. The van der Waals surface area contributed by atoms with Crippen molar-refractivity contribution in [1.82, 2.24) is 0 Å². The molecule has 8 heavy (non-hydrogen) atoms. The summed E-state index contributed by atoms with van der Waals surface area (Å²) in [5, 5.41) is 0. The van der Waals surface area contributed by atoms with E-state index in [4.69, 9.17) is 19.2 Å². The minimum Gasteiger partial charge on any atom is -0.822 e. The van der Waals surface area contributed by atoms with Gasteiger partial charge in [0.1, 0.15) is 0 Å². The zero-order valence-electron chi connectivity index (χ0n) is 5.08. The molecule has 0 aromatic rings. The largest absolute Gasteiger partial charge is 1.00 e. The molecule has 0 aliphatic carbocycles. The van der Waals surface area contributed by atoms with Crippen LogP contribution < -0.4 is 71.3 Å². The number of hydrogen-bond acceptors (Lipinski definition) is 4. The summed E-state index contributed by atoms with van der Waals surface area (Å²) in [5.41, 5.74) is 0. The van der Waals surface area contributed by atoms with Gasteiger partial charge in [-0.2, -0.15) is 7.82 Å². The van der Waals surface area contributed by atoms with Crippen molar-refractivity contribution in [2.24, 2.45) is 0 Å². The first kappa shape index (κ1) is 22.5. The molecule has 0 aromatic carbocycles. The van der Waals surface area contributed by atoms with Crippen molar-refractivity contribution in [3.63, 3.8) is 0 Å². The molecule has 0 unspecified atom stereocenters. The summed E-state index contributed by atoms with van der Waals surface area (Å²) >= 11 is 0. The molecular formula is Li3O4P. The second-order valence-corrected chi connectivity index (χ2v) is 1.34. The van der Waals surface area contributed by atoms with E-state index in [1.54, 1.807) is 0 Å². The summed E-state index contributed by atoms with van der Waals surface area (Å²) in [6, 6.07) is 0. The van der Waals surface area contributed by atoms with E-state index in [1.807, 2.05) is 0 Å². The SMILES string of the molecule is O=P([O-])([O-])[O-].[Li+].[Li+].[Li+]. The Kier molecular flexibility index (Phi) is 25.1. The Balaban J connectivity index is -0.0000000267. The van der Waals surface area contributed by atoms with Gasteiger partial charge >= 0.3 is 56.6 Å².